The molecular weight excluding hydrogens is 356 g/mol. The van der Waals surface area contributed by atoms with Gasteiger partial charge in [-0.3, -0.25) is 4.79 Å². The summed E-state index contributed by atoms with van der Waals surface area (Å²) in [5.74, 6) is -1.93. The number of ether oxygens (including phenoxy) is 2. The highest BCUT2D eigenvalue weighted by molar-refractivity contribution is 6.32. The van der Waals surface area contributed by atoms with Crippen molar-refractivity contribution in [2.75, 3.05) is 0 Å². The Kier molecular flexibility index (Phi) is 6.02. The number of benzene rings is 2. The third kappa shape index (κ3) is 4.38. The second-order valence-electron chi connectivity index (χ2n) is 4.80. The summed E-state index contributed by atoms with van der Waals surface area (Å²) < 4.78 is 24.9. The molecule has 0 aromatic heterocycles. The highest BCUT2D eigenvalue weighted by Crippen LogP contribution is 2.38. The van der Waals surface area contributed by atoms with E-state index >= 15 is 0 Å². The summed E-state index contributed by atoms with van der Waals surface area (Å²) in [6.45, 7) is 1.81. The minimum Gasteiger partial charge on any atom is -0.452 e. The summed E-state index contributed by atoms with van der Waals surface area (Å²) in [5, 5.41) is 9.18. The van der Waals surface area contributed by atoms with Crippen LogP contribution in [0.4, 0.5) is 4.39 Å². The van der Waals surface area contributed by atoms with Crippen LogP contribution in [-0.2, 0) is 4.79 Å². The molecule has 0 aliphatic rings. The summed E-state index contributed by atoms with van der Waals surface area (Å²) in [6, 6.07) is 8.75. The molecule has 0 saturated carbocycles. The SMILES string of the molecule is CCCC(=O)Oc1ccc(Cl)c(Oc2cc(Cl)cc(C#N)c2)c1F. The van der Waals surface area contributed by atoms with E-state index in [9.17, 15) is 9.18 Å². The Morgan fingerprint density at radius 2 is 2.04 bits per heavy atom. The zero-order chi connectivity index (χ0) is 17.7. The van der Waals surface area contributed by atoms with Gasteiger partial charge in [0.2, 0.25) is 5.82 Å². The summed E-state index contributed by atoms with van der Waals surface area (Å²) in [7, 11) is 0. The molecule has 2 aromatic rings. The van der Waals surface area contributed by atoms with Crippen LogP contribution in [0.5, 0.6) is 17.2 Å². The van der Waals surface area contributed by atoms with Crippen LogP contribution in [0.2, 0.25) is 10.0 Å². The van der Waals surface area contributed by atoms with Gasteiger partial charge in [0.05, 0.1) is 16.7 Å². The van der Waals surface area contributed by atoms with Gasteiger partial charge in [-0.05, 0) is 36.8 Å². The van der Waals surface area contributed by atoms with Crippen molar-refractivity contribution in [1.82, 2.24) is 0 Å². The van der Waals surface area contributed by atoms with E-state index in [1.54, 1.807) is 6.92 Å². The van der Waals surface area contributed by atoms with Gasteiger partial charge in [0.15, 0.2) is 11.5 Å². The molecule has 0 bridgehead atoms. The first-order valence-corrected chi connectivity index (χ1v) is 7.77. The first-order chi connectivity index (χ1) is 11.4. The van der Waals surface area contributed by atoms with E-state index in [-0.39, 0.29) is 39.3 Å². The van der Waals surface area contributed by atoms with Crippen LogP contribution in [0.15, 0.2) is 30.3 Å². The van der Waals surface area contributed by atoms with Crippen molar-refractivity contribution in [1.29, 1.82) is 5.26 Å². The third-order valence-electron chi connectivity index (χ3n) is 2.91. The lowest BCUT2D eigenvalue weighted by Crippen LogP contribution is -2.08. The van der Waals surface area contributed by atoms with Crippen LogP contribution in [-0.4, -0.2) is 5.97 Å². The number of hydrogen-bond donors (Lipinski definition) is 0. The lowest BCUT2D eigenvalue weighted by atomic mass is 10.2. The summed E-state index contributed by atoms with van der Waals surface area (Å²) in [6.07, 6.45) is 0.745. The minimum absolute atomic E-state index is 0.0127. The molecule has 2 aromatic carbocycles. The van der Waals surface area contributed by atoms with E-state index in [0.29, 0.717) is 6.42 Å². The Morgan fingerprint density at radius 3 is 2.71 bits per heavy atom. The molecule has 0 amide bonds. The first kappa shape index (κ1) is 18.1. The fourth-order valence-corrected chi connectivity index (χ4v) is 2.28. The monoisotopic (exact) mass is 367 g/mol. The molecule has 4 nitrogen and oxygen atoms in total. The Hall–Kier alpha value is -2.29. The fraction of sp³-hybridized carbons (Fsp3) is 0.176. The van der Waals surface area contributed by atoms with Crippen molar-refractivity contribution in [2.45, 2.75) is 19.8 Å². The highest BCUT2D eigenvalue weighted by atomic mass is 35.5. The van der Waals surface area contributed by atoms with Crippen LogP contribution < -0.4 is 9.47 Å². The normalized spacial score (nSPS) is 10.1. The van der Waals surface area contributed by atoms with Gasteiger partial charge >= 0.3 is 5.97 Å². The molecule has 0 aliphatic heterocycles. The standard InChI is InChI=1S/C17H12Cl2FNO3/c1-2-3-15(22)24-14-5-4-13(19)17(16(14)20)23-12-7-10(9-21)6-11(18)8-12/h4-8H,2-3H2,1H3. The van der Waals surface area contributed by atoms with Gasteiger partial charge in [-0.15, -0.1) is 0 Å². The number of rotatable bonds is 5. The molecule has 0 heterocycles. The maximum Gasteiger partial charge on any atom is 0.311 e. The van der Waals surface area contributed by atoms with Crippen LogP contribution in [0, 0.1) is 17.1 Å². The van der Waals surface area contributed by atoms with Gasteiger partial charge in [-0.1, -0.05) is 30.1 Å². The molecule has 2 rings (SSSR count). The maximum atomic E-state index is 14.5. The molecule has 7 heteroatoms. The number of nitrogens with zero attached hydrogens (tertiary/aromatic N) is 1. The van der Waals surface area contributed by atoms with Crippen molar-refractivity contribution in [2.24, 2.45) is 0 Å². The summed E-state index contributed by atoms with van der Waals surface area (Å²) >= 11 is 11.8. The summed E-state index contributed by atoms with van der Waals surface area (Å²) in [4.78, 5) is 11.5. The van der Waals surface area contributed by atoms with Gasteiger partial charge in [0.1, 0.15) is 5.75 Å². The number of esters is 1. The van der Waals surface area contributed by atoms with Gasteiger partial charge < -0.3 is 9.47 Å². The predicted molar refractivity (Wildman–Crippen MR) is 88.2 cm³/mol. The second kappa shape index (κ2) is 8.00. The van der Waals surface area contributed by atoms with E-state index in [1.165, 1.54) is 30.3 Å². The summed E-state index contributed by atoms with van der Waals surface area (Å²) in [5.41, 5.74) is 0.250. The Balaban J connectivity index is 2.35. The predicted octanol–water partition coefficient (Wildman–Crippen LogP) is 5.50. The molecule has 0 atom stereocenters. The van der Waals surface area contributed by atoms with E-state index in [0.717, 1.165) is 0 Å². The topological polar surface area (TPSA) is 59.3 Å². The van der Waals surface area contributed by atoms with E-state index < -0.39 is 11.8 Å². The van der Waals surface area contributed by atoms with Gasteiger partial charge in [0, 0.05) is 11.4 Å². The molecule has 0 radical (unpaired) electrons. The number of carbonyl (C=O) groups excluding carboxylic acids is 1. The molecular formula is C17H12Cl2FNO3. The zero-order valence-electron chi connectivity index (χ0n) is 12.6. The first-order valence-electron chi connectivity index (χ1n) is 7.01. The van der Waals surface area contributed by atoms with Crippen molar-refractivity contribution in [3.05, 3.63) is 51.8 Å². The molecule has 0 fully saturated rings. The van der Waals surface area contributed by atoms with Gasteiger partial charge in [-0.2, -0.15) is 9.65 Å². The van der Waals surface area contributed by atoms with Gasteiger partial charge in [0.25, 0.3) is 0 Å². The quantitative estimate of drug-likeness (QED) is 0.516. The molecule has 24 heavy (non-hydrogen) atoms. The van der Waals surface area contributed by atoms with E-state index in [2.05, 4.69) is 0 Å². The molecule has 0 unspecified atom stereocenters. The second-order valence-corrected chi connectivity index (χ2v) is 5.65. The van der Waals surface area contributed by atoms with Crippen LogP contribution in [0.1, 0.15) is 25.3 Å². The molecule has 0 spiro atoms. The van der Waals surface area contributed by atoms with Crippen LogP contribution in [0.3, 0.4) is 0 Å². The van der Waals surface area contributed by atoms with Crippen molar-refractivity contribution < 1.29 is 18.7 Å². The average Bonchev–Trinajstić information content (AvgIpc) is 2.54. The Labute approximate surface area is 148 Å². The van der Waals surface area contributed by atoms with Crippen LogP contribution in [0.25, 0.3) is 0 Å². The fourth-order valence-electron chi connectivity index (χ4n) is 1.87. The Morgan fingerprint density at radius 1 is 1.29 bits per heavy atom. The number of nitriles is 1. The third-order valence-corrected chi connectivity index (χ3v) is 3.43. The largest absolute Gasteiger partial charge is 0.452 e. The van der Waals surface area contributed by atoms with Crippen molar-refractivity contribution in [3.8, 4) is 23.3 Å². The zero-order valence-corrected chi connectivity index (χ0v) is 14.1. The Bertz CT molecular complexity index is 818. The lowest BCUT2D eigenvalue weighted by Gasteiger charge is -2.12. The maximum absolute atomic E-state index is 14.5. The van der Waals surface area contributed by atoms with E-state index in [1.807, 2.05) is 6.07 Å². The number of carbonyl (C=O) groups is 1. The highest BCUT2D eigenvalue weighted by Gasteiger charge is 2.18. The molecule has 0 N–H and O–H groups in total. The number of hydrogen-bond acceptors (Lipinski definition) is 4. The minimum atomic E-state index is -0.912. The smallest absolute Gasteiger partial charge is 0.311 e. The van der Waals surface area contributed by atoms with E-state index in [4.69, 9.17) is 37.9 Å². The van der Waals surface area contributed by atoms with Crippen LogP contribution >= 0.6 is 23.2 Å². The molecule has 0 saturated heterocycles. The average molecular weight is 368 g/mol. The van der Waals surface area contributed by atoms with Crippen molar-refractivity contribution in [3.63, 3.8) is 0 Å². The molecule has 124 valence electrons. The number of halogens is 3. The van der Waals surface area contributed by atoms with Gasteiger partial charge in [-0.25, -0.2) is 0 Å². The van der Waals surface area contributed by atoms with Crippen molar-refractivity contribution >= 4 is 29.2 Å². The lowest BCUT2D eigenvalue weighted by molar-refractivity contribution is -0.134. The molecule has 0 aliphatic carbocycles.